The highest BCUT2D eigenvalue weighted by atomic mass is 35.5. The Balaban J connectivity index is 0.00000161. The molecule has 2 aromatic rings. The summed E-state index contributed by atoms with van der Waals surface area (Å²) >= 11 is 0. The molecular formula is C17H26ClN3. The van der Waals surface area contributed by atoms with Crippen molar-refractivity contribution < 1.29 is 0 Å². The fourth-order valence-electron chi connectivity index (χ4n) is 3.14. The second-order valence-corrected chi connectivity index (χ2v) is 6.13. The Morgan fingerprint density at radius 1 is 1.19 bits per heavy atom. The molecule has 3 rings (SSSR count). The lowest BCUT2D eigenvalue weighted by molar-refractivity contribution is 0.179. The van der Waals surface area contributed by atoms with Gasteiger partial charge in [0.25, 0.3) is 0 Å². The Morgan fingerprint density at radius 3 is 2.62 bits per heavy atom. The zero-order valence-corrected chi connectivity index (χ0v) is 13.9. The maximum absolute atomic E-state index is 4.87. The van der Waals surface area contributed by atoms with Gasteiger partial charge in [-0.3, -0.25) is 4.90 Å². The molecule has 1 aromatic heterocycles. The van der Waals surface area contributed by atoms with Crippen LogP contribution in [0.2, 0.25) is 0 Å². The first-order chi connectivity index (χ1) is 9.78. The number of piperidine rings is 1. The van der Waals surface area contributed by atoms with Gasteiger partial charge in [0.05, 0.1) is 17.6 Å². The molecular weight excluding hydrogens is 282 g/mol. The van der Waals surface area contributed by atoms with Crippen LogP contribution in [-0.2, 0) is 13.1 Å². The molecule has 0 amide bonds. The molecule has 1 aliphatic heterocycles. The number of rotatable bonds is 4. The van der Waals surface area contributed by atoms with E-state index in [0.717, 1.165) is 30.9 Å². The standard InChI is InChI=1S/C17H25N3.ClH/c1-3-10-20-16-7-5-4-6-15(16)18-17(20)13-19-11-8-14(2)9-12-19;/h4-7,14H,3,8-13H2,1-2H3;1H. The average Bonchev–Trinajstić information content (AvgIpc) is 2.80. The summed E-state index contributed by atoms with van der Waals surface area (Å²) in [6, 6.07) is 8.52. The van der Waals surface area contributed by atoms with Crippen LogP contribution in [0, 0.1) is 5.92 Å². The number of likely N-dealkylation sites (tertiary alicyclic amines) is 1. The van der Waals surface area contributed by atoms with Gasteiger partial charge in [-0.1, -0.05) is 26.0 Å². The molecule has 0 spiro atoms. The number of halogens is 1. The SMILES string of the molecule is CCCn1c(CN2CCC(C)CC2)nc2ccccc21.Cl. The van der Waals surface area contributed by atoms with Crippen molar-refractivity contribution >= 4 is 23.4 Å². The van der Waals surface area contributed by atoms with E-state index in [4.69, 9.17) is 4.98 Å². The number of nitrogens with zero attached hydrogens (tertiary/aromatic N) is 3. The van der Waals surface area contributed by atoms with Crippen molar-refractivity contribution in [3.05, 3.63) is 30.1 Å². The smallest absolute Gasteiger partial charge is 0.124 e. The van der Waals surface area contributed by atoms with Crippen LogP contribution < -0.4 is 0 Å². The van der Waals surface area contributed by atoms with Crippen molar-refractivity contribution in [3.63, 3.8) is 0 Å². The van der Waals surface area contributed by atoms with Crippen molar-refractivity contribution in [1.82, 2.24) is 14.5 Å². The van der Waals surface area contributed by atoms with Gasteiger partial charge in [-0.15, -0.1) is 12.4 Å². The summed E-state index contributed by atoms with van der Waals surface area (Å²) < 4.78 is 2.41. The van der Waals surface area contributed by atoms with E-state index in [2.05, 4.69) is 47.6 Å². The van der Waals surface area contributed by atoms with Gasteiger partial charge in [0.1, 0.15) is 5.82 Å². The molecule has 0 N–H and O–H groups in total. The Kier molecular flexibility index (Phi) is 5.65. The molecule has 1 saturated heterocycles. The fraction of sp³-hybridized carbons (Fsp3) is 0.588. The fourth-order valence-corrected chi connectivity index (χ4v) is 3.14. The minimum absolute atomic E-state index is 0. The van der Waals surface area contributed by atoms with E-state index in [-0.39, 0.29) is 12.4 Å². The van der Waals surface area contributed by atoms with Crippen LogP contribution in [0.1, 0.15) is 38.9 Å². The van der Waals surface area contributed by atoms with Crippen molar-refractivity contribution in [2.75, 3.05) is 13.1 Å². The van der Waals surface area contributed by atoms with Gasteiger partial charge in [-0.2, -0.15) is 0 Å². The van der Waals surface area contributed by atoms with Gasteiger partial charge in [0, 0.05) is 6.54 Å². The summed E-state index contributed by atoms with van der Waals surface area (Å²) in [6.07, 6.45) is 3.81. The Bertz CT molecular complexity index is 570. The number of benzene rings is 1. The van der Waals surface area contributed by atoms with E-state index in [1.165, 1.54) is 37.3 Å². The molecule has 2 heterocycles. The van der Waals surface area contributed by atoms with Crippen LogP contribution in [0.15, 0.2) is 24.3 Å². The number of para-hydroxylation sites is 2. The molecule has 116 valence electrons. The molecule has 0 atom stereocenters. The monoisotopic (exact) mass is 307 g/mol. The van der Waals surface area contributed by atoms with Gasteiger partial charge in [0.15, 0.2) is 0 Å². The predicted octanol–water partition coefficient (Wildman–Crippen LogP) is 4.10. The van der Waals surface area contributed by atoms with Gasteiger partial charge in [0.2, 0.25) is 0 Å². The third-order valence-corrected chi connectivity index (χ3v) is 4.42. The first-order valence-corrected chi connectivity index (χ1v) is 7.94. The van der Waals surface area contributed by atoms with Crippen LogP contribution in [0.4, 0.5) is 0 Å². The van der Waals surface area contributed by atoms with Crippen molar-refractivity contribution in [2.24, 2.45) is 5.92 Å². The molecule has 0 saturated carbocycles. The second-order valence-electron chi connectivity index (χ2n) is 6.13. The molecule has 21 heavy (non-hydrogen) atoms. The van der Waals surface area contributed by atoms with Crippen molar-refractivity contribution in [1.29, 1.82) is 0 Å². The van der Waals surface area contributed by atoms with Crippen LogP contribution >= 0.6 is 12.4 Å². The third kappa shape index (κ3) is 3.58. The summed E-state index contributed by atoms with van der Waals surface area (Å²) in [5, 5.41) is 0. The molecule has 4 heteroatoms. The highest BCUT2D eigenvalue weighted by Gasteiger charge is 2.18. The third-order valence-electron chi connectivity index (χ3n) is 4.42. The highest BCUT2D eigenvalue weighted by molar-refractivity contribution is 5.85. The van der Waals surface area contributed by atoms with Crippen molar-refractivity contribution in [3.8, 4) is 0 Å². The summed E-state index contributed by atoms with van der Waals surface area (Å²) in [7, 11) is 0. The van der Waals surface area contributed by atoms with Gasteiger partial charge in [-0.05, 0) is 50.4 Å². The number of fused-ring (bicyclic) bond motifs is 1. The van der Waals surface area contributed by atoms with Gasteiger partial charge >= 0.3 is 0 Å². The quantitative estimate of drug-likeness (QED) is 0.848. The molecule has 1 fully saturated rings. The van der Waals surface area contributed by atoms with E-state index < -0.39 is 0 Å². The predicted molar refractivity (Wildman–Crippen MR) is 90.9 cm³/mol. The van der Waals surface area contributed by atoms with Gasteiger partial charge in [-0.25, -0.2) is 4.98 Å². The molecule has 0 radical (unpaired) electrons. The van der Waals surface area contributed by atoms with Crippen molar-refractivity contribution in [2.45, 2.75) is 46.2 Å². The van der Waals surface area contributed by atoms with E-state index in [1.54, 1.807) is 0 Å². The number of aromatic nitrogens is 2. The Hall–Kier alpha value is -1.06. The largest absolute Gasteiger partial charge is 0.327 e. The summed E-state index contributed by atoms with van der Waals surface area (Å²) in [5.74, 6) is 2.13. The van der Waals surface area contributed by atoms with E-state index in [1.807, 2.05) is 0 Å². The lowest BCUT2D eigenvalue weighted by Crippen LogP contribution is -2.33. The minimum Gasteiger partial charge on any atom is -0.327 e. The molecule has 1 aliphatic rings. The Labute approximate surface area is 133 Å². The zero-order chi connectivity index (χ0) is 13.9. The minimum atomic E-state index is 0. The molecule has 0 aliphatic carbocycles. The lowest BCUT2D eigenvalue weighted by Gasteiger charge is -2.29. The normalized spacial score (nSPS) is 17.0. The first kappa shape index (κ1) is 16.3. The molecule has 3 nitrogen and oxygen atoms in total. The van der Waals surface area contributed by atoms with Crippen LogP contribution in [-0.4, -0.2) is 27.5 Å². The molecule has 1 aromatic carbocycles. The van der Waals surface area contributed by atoms with Gasteiger partial charge < -0.3 is 4.57 Å². The van der Waals surface area contributed by atoms with Crippen LogP contribution in [0.25, 0.3) is 11.0 Å². The number of imidazole rings is 1. The average molecular weight is 308 g/mol. The summed E-state index contributed by atoms with van der Waals surface area (Å²) in [4.78, 5) is 7.43. The molecule has 0 unspecified atom stereocenters. The summed E-state index contributed by atoms with van der Waals surface area (Å²) in [6.45, 7) is 9.11. The maximum Gasteiger partial charge on any atom is 0.124 e. The Morgan fingerprint density at radius 2 is 1.90 bits per heavy atom. The summed E-state index contributed by atoms with van der Waals surface area (Å²) in [5.41, 5.74) is 2.43. The van der Waals surface area contributed by atoms with Crippen LogP contribution in [0.5, 0.6) is 0 Å². The first-order valence-electron chi connectivity index (χ1n) is 7.94. The lowest BCUT2D eigenvalue weighted by atomic mass is 9.99. The highest BCUT2D eigenvalue weighted by Crippen LogP contribution is 2.21. The molecule has 0 bridgehead atoms. The number of aryl methyl sites for hydroxylation is 1. The number of hydrogen-bond donors (Lipinski definition) is 0. The zero-order valence-electron chi connectivity index (χ0n) is 13.1. The van der Waals surface area contributed by atoms with E-state index >= 15 is 0 Å². The topological polar surface area (TPSA) is 21.1 Å². The second kappa shape index (κ2) is 7.28. The van der Waals surface area contributed by atoms with E-state index in [9.17, 15) is 0 Å². The maximum atomic E-state index is 4.87. The van der Waals surface area contributed by atoms with Crippen LogP contribution in [0.3, 0.4) is 0 Å². The van der Waals surface area contributed by atoms with E-state index in [0.29, 0.717) is 0 Å². The number of hydrogen-bond acceptors (Lipinski definition) is 2.